The average Bonchev–Trinajstić information content (AvgIpc) is 2.37. The molecular weight excluding hydrogens is 312 g/mol. The van der Waals surface area contributed by atoms with Gasteiger partial charge in [0.15, 0.2) is 0 Å². The third kappa shape index (κ3) is 2.86. The van der Waals surface area contributed by atoms with Gasteiger partial charge in [-0.3, -0.25) is 0 Å². The van der Waals surface area contributed by atoms with Crippen molar-refractivity contribution in [2.75, 3.05) is 12.8 Å². The van der Waals surface area contributed by atoms with Gasteiger partial charge in [-0.15, -0.1) is 0 Å². The topological polar surface area (TPSA) is 38.0 Å². The number of nitrogens with two attached hydrogens (primary N) is 1. The highest BCUT2D eigenvalue weighted by Crippen LogP contribution is 2.29. The van der Waals surface area contributed by atoms with Gasteiger partial charge in [0.25, 0.3) is 0 Å². The fourth-order valence-corrected chi connectivity index (χ4v) is 2.46. The zero-order chi connectivity index (χ0) is 13.1. The fourth-order valence-electron chi connectivity index (χ4n) is 1.95. The fraction of sp³-hybridized carbons (Fsp3) is 0.143. The molecule has 4 heteroatoms. The second-order valence-corrected chi connectivity index (χ2v) is 5.40. The number of hydrogen-bond donors (Lipinski definition) is 2. The maximum Gasteiger partial charge on any atom is 0.0595 e. The Kier molecular flexibility index (Phi) is 4.27. The SMILES string of the molecule is CN[C@H](c1ccc(Cl)cc1)c1cc(Br)ccc1N. The molecule has 0 bridgehead atoms. The van der Waals surface area contributed by atoms with E-state index in [0.717, 1.165) is 26.3 Å². The molecule has 0 aliphatic rings. The van der Waals surface area contributed by atoms with E-state index in [9.17, 15) is 0 Å². The van der Waals surface area contributed by atoms with Crippen LogP contribution in [0.2, 0.25) is 5.02 Å². The van der Waals surface area contributed by atoms with Gasteiger partial charge in [0.1, 0.15) is 0 Å². The highest BCUT2D eigenvalue weighted by molar-refractivity contribution is 9.10. The number of nitrogens with one attached hydrogen (secondary N) is 1. The molecule has 0 unspecified atom stereocenters. The first kappa shape index (κ1) is 13.4. The van der Waals surface area contributed by atoms with Crippen molar-refractivity contribution in [2.24, 2.45) is 0 Å². The largest absolute Gasteiger partial charge is 0.398 e. The number of hydrogen-bond acceptors (Lipinski definition) is 2. The van der Waals surface area contributed by atoms with E-state index in [1.54, 1.807) is 0 Å². The van der Waals surface area contributed by atoms with E-state index in [-0.39, 0.29) is 6.04 Å². The summed E-state index contributed by atoms with van der Waals surface area (Å²) in [6.07, 6.45) is 0. The van der Waals surface area contributed by atoms with Gasteiger partial charge in [0.2, 0.25) is 0 Å². The minimum atomic E-state index is 0.0553. The van der Waals surface area contributed by atoms with Crippen LogP contribution in [-0.4, -0.2) is 7.05 Å². The second kappa shape index (κ2) is 5.74. The van der Waals surface area contributed by atoms with Crippen LogP contribution in [0.3, 0.4) is 0 Å². The lowest BCUT2D eigenvalue weighted by molar-refractivity contribution is 0.693. The minimum absolute atomic E-state index is 0.0553. The van der Waals surface area contributed by atoms with Crippen LogP contribution >= 0.6 is 27.5 Å². The molecule has 18 heavy (non-hydrogen) atoms. The molecule has 0 aliphatic heterocycles. The maximum absolute atomic E-state index is 6.05. The summed E-state index contributed by atoms with van der Waals surface area (Å²) in [7, 11) is 1.92. The first-order valence-electron chi connectivity index (χ1n) is 5.59. The predicted octanol–water partition coefficient (Wildman–Crippen LogP) is 3.99. The number of benzene rings is 2. The Morgan fingerprint density at radius 1 is 1.17 bits per heavy atom. The summed E-state index contributed by atoms with van der Waals surface area (Å²) < 4.78 is 1.01. The van der Waals surface area contributed by atoms with E-state index in [4.69, 9.17) is 17.3 Å². The molecule has 0 saturated heterocycles. The summed E-state index contributed by atoms with van der Waals surface area (Å²) in [5.41, 5.74) is 9.00. The van der Waals surface area contributed by atoms with Crippen molar-refractivity contribution in [3.8, 4) is 0 Å². The van der Waals surface area contributed by atoms with Gasteiger partial charge in [0.05, 0.1) is 6.04 Å². The van der Waals surface area contributed by atoms with Crippen molar-refractivity contribution in [3.63, 3.8) is 0 Å². The van der Waals surface area contributed by atoms with Crippen LogP contribution in [0.4, 0.5) is 5.69 Å². The third-order valence-corrected chi connectivity index (χ3v) is 3.60. The molecule has 3 N–H and O–H groups in total. The van der Waals surface area contributed by atoms with Crippen LogP contribution < -0.4 is 11.1 Å². The molecule has 2 rings (SSSR count). The highest BCUT2D eigenvalue weighted by atomic mass is 79.9. The van der Waals surface area contributed by atoms with Gasteiger partial charge >= 0.3 is 0 Å². The molecular formula is C14H14BrClN2. The third-order valence-electron chi connectivity index (χ3n) is 2.85. The van der Waals surface area contributed by atoms with Gasteiger partial charge in [-0.2, -0.15) is 0 Å². The summed E-state index contributed by atoms with van der Waals surface area (Å²) >= 11 is 9.38. The summed E-state index contributed by atoms with van der Waals surface area (Å²) in [6.45, 7) is 0. The lowest BCUT2D eigenvalue weighted by atomic mass is 9.97. The van der Waals surface area contributed by atoms with Gasteiger partial charge in [-0.05, 0) is 48.5 Å². The smallest absolute Gasteiger partial charge is 0.0595 e. The molecule has 0 fully saturated rings. The highest BCUT2D eigenvalue weighted by Gasteiger charge is 2.14. The van der Waals surface area contributed by atoms with Gasteiger partial charge in [-0.25, -0.2) is 0 Å². The van der Waals surface area contributed by atoms with Crippen LogP contribution in [0.15, 0.2) is 46.9 Å². The maximum atomic E-state index is 6.05. The molecule has 1 atom stereocenters. The Labute approximate surface area is 120 Å². The van der Waals surface area contributed by atoms with Crippen LogP contribution in [0.25, 0.3) is 0 Å². The molecule has 2 nitrogen and oxygen atoms in total. The molecule has 0 amide bonds. The quantitative estimate of drug-likeness (QED) is 0.837. The standard InChI is InChI=1S/C14H14BrClN2/c1-18-14(9-2-5-11(16)6-3-9)12-8-10(15)4-7-13(12)17/h2-8,14,18H,17H2,1H3/t14-/m1/s1. The van der Waals surface area contributed by atoms with E-state index >= 15 is 0 Å². The van der Waals surface area contributed by atoms with Crippen molar-refractivity contribution in [1.29, 1.82) is 0 Å². The van der Waals surface area contributed by atoms with E-state index in [2.05, 4.69) is 21.2 Å². The molecule has 94 valence electrons. The van der Waals surface area contributed by atoms with Crippen molar-refractivity contribution in [2.45, 2.75) is 6.04 Å². The van der Waals surface area contributed by atoms with Crippen molar-refractivity contribution in [3.05, 3.63) is 63.1 Å². The summed E-state index contributed by atoms with van der Waals surface area (Å²) in [4.78, 5) is 0. The lowest BCUT2D eigenvalue weighted by Gasteiger charge is -2.19. The minimum Gasteiger partial charge on any atom is -0.398 e. The Morgan fingerprint density at radius 2 is 1.83 bits per heavy atom. The summed E-state index contributed by atoms with van der Waals surface area (Å²) in [5.74, 6) is 0. The van der Waals surface area contributed by atoms with Gasteiger partial charge in [0, 0.05) is 15.2 Å². The summed E-state index contributed by atoms with van der Waals surface area (Å²) in [6, 6.07) is 13.7. The number of nitrogen functional groups attached to an aromatic ring is 1. The molecule has 0 heterocycles. The van der Waals surface area contributed by atoms with E-state index in [0.29, 0.717) is 0 Å². The van der Waals surface area contributed by atoms with E-state index < -0.39 is 0 Å². The molecule has 0 saturated carbocycles. The zero-order valence-corrected chi connectivity index (χ0v) is 12.3. The zero-order valence-electron chi connectivity index (χ0n) is 9.95. The van der Waals surface area contributed by atoms with E-state index in [1.807, 2.05) is 49.5 Å². The van der Waals surface area contributed by atoms with Crippen LogP contribution in [-0.2, 0) is 0 Å². The lowest BCUT2D eigenvalue weighted by Crippen LogP contribution is -2.19. The van der Waals surface area contributed by atoms with Crippen LogP contribution in [0, 0.1) is 0 Å². The Balaban J connectivity index is 2.44. The number of rotatable bonds is 3. The molecule has 0 aliphatic carbocycles. The molecule has 2 aromatic carbocycles. The van der Waals surface area contributed by atoms with Crippen molar-refractivity contribution >= 4 is 33.2 Å². The molecule has 0 spiro atoms. The second-order valence-electron chi connectivity index (χ2n) is 4.05. The Morgan fingerprint density at radius 3 is 2.44 bits per heavy atom. The van der Waals surface area contributed by atoms with Crippen LogP contribution in [0.1, 0.15) is 17.2 Å². The molecule has 2 aromatic rings. The summed E-state index contributed by atoms with van der Waals surface area (Å²) in [5, 5.41) is 4.01. The number of halogens is 2. The van der Waals surface area contributed by atoms with Gasteiger partial charge in [-0.1, -0.05) is 39.7 Å². The Hall–Kier alpha value is -1.03. The first-order chi connectivity index (χ1) is 8.61. The van der Waals surface area contributed by atoms with Gasteiger partial charge < -0.3 is 11.1 Å². The monoisotopic (exact) mass is 324 g/mol. The first-order valence-corrected chi connectivity index (χ1v) is 6.76. The molecule has 0 radical (unpaired) electrons. The van der Waals surface area contributed by atoms with Crippen LogP contribution in [0.5, 0.6) is 0 Å². The van der Waals surface area contributed by atoms with Crippen molar-refractivity contribution in [1.82, 2.24) is 5.32 Å². The number of anilines is 1. The normalized spacial score (nSPS) is 12.4. The van der Waals surface area contributed by atoms with E-state index in [1.165, 1.54) is 0 Å². The predicted molar refractivity (Wildman–Crippen MR) is 80.9 cm³/mol. The van der Waals surface area contributed by atoms with Crippen molar-refractivity contribution < 1.29 is 0 Å². The Bertz CT molecular complexity index is 540. The molecule has 0 aromatic heterocycles. The average molecular weight is 326 g/mol.